The van der Waals surface area contributed by atoms with E-state index >= 15 is 0 Å². The number of hydrogen-bond donors (Lipinski definition) is 0. The number of carbonyl (C=O) groups is 2. The van der Waals surface area contributed by atoms with E-state index in [4.69, 9.17) is 41.8 Å². The molecular weight excluding hydrogens is 637 g/mol. The van der Waals surface area contributed by atoms with Gasteiger partial charge in [-0.1, -0.05) is 29.3 Å². The van der Waals surface area contributed by atoms with Gasteiger partial charge in [-0.25, -0.2) is 4.79 Å². The van der Waals surface area contributed by atoms with Crippen molar-refractivity contribution in [3.05, 3.63) is 80.1 Å². The largest absolute Gasteiger partial charge is 0.619 e. The second kappa shape index (κ2) is 14.2. The number of benzene rings is 1. The number of furan rings is 1. The summed E-state index contributed by atoms with van der Waals surface area (Å²) in [5, 5.41) is 12.0. The summed E-state index contributed by atoms with van der Waals surface area (Å²) >= 11 is 12.7. The highest BCUT2D eigenvalue weighted by molar-refractivity contribution is 6.35. The number of nitrogens with zero attached hydrogens (tertiary/aromatic N) is 2. The molecule has 1 aliphatic carbocycles. The van der Waals surface area contributed by atoms with Crippen LogP contribution in [0.2, 0.25) is 10.0 Å². The van der Waals surface area contributed by atoms with Crippen LogP contribution in [0.3, 0.4) is 0 Å². The molecule has 1 aliphatic heterocycles. The van der Waals surface area contributed by atoms with Gasteiger partial charge in [0, 0.05) is 12.0 Å². The van der Waals surface area contributed by atoms with Crippen LogP contribution in [0.25, 0.3) is 0 Å². The molecule has 0 amide bonds. The minimum atomic E-state index is -3.07. The van der Waals surface area contributed by atoms with Crippen LogP contribution in [0.15, 0.2) is 41.1 Å². The summed E-state index contributed by atoms with van der Waals surface area (Å²) in [6.07, 6.45) is 4.45. The number of hydrogen-bond acceptors (Lipinski definition) is 9. The fourth-order valence-electron chi connectivity index (χ4n) is 5.30. The predicted molar refractivity (Wildman–Crippen MR) is 157 cm³/mol. The van der Waals surface area contributed by atoms with E-state index in [2.05, 4.69) is 4.74 Å². The highest BCUT2D eigenvalue weighted by atomic mass is 35.5. The van der Waals surface area contributed by atoms with Gasteiger partial charge in [0.15, 0.2) is 23.9 Å². The molecule has 0 radical (unpaired) electrons. The maximum absolute atomic E-state index is 13.7. The van der Waals surface area contributed by atoms with Crippen molar-refractivity contribution in [1.29, 1.82) is 0 Å². The van der Waals surface area contributed by atoms with Crippen LogP contribution in [0, 0.1) is 18.0 Å². The number of likely N-dealkylation sites (tertiary alicyclic amines) is 1. The molecule has 10 nitrogen and oxygen atoms in total. The van der Waals surface area contributed by atoms with E-state index in [1.807, 2.05) is 4.90 Å². The number of methoxy groups -OCH3 is 1. The molecule has 0 N–H and O–H groups in total. The summed E-state index contributed by atoms with van der Waals surface area (Å²) in [7, 11) is 1.28. The number of alkyl halides is 2. The van der Waals surface area contributed by atoms with Crippen molar-refractivity contribution in [2.45, 2.75) is 64.3 Å². The summed E-state index contributed by atoms with van der Waals surface area (Å²) in [6, 6.07) is 5.30. The number of carbonyl (C=O) groups excluding carboxylic acids is 2. The van der Waals surface area contributed by atoms with Crippen molar-refractivity contribution in [2.24, 2.45) is 5.92 Å². The third-order valence-corrected chi connectivity index (χ3v) is 8.45. The zero-order chi connectivity index (χ0) is 32.2. The molecule has 242 valence electrons. The first-order chi connectivity index (χ1) is 21.5. The Morgan fingerprint density at radius 2 is 1.87 bits per heavy atom. The second-order valence-electron chi connectivity index (χ2n) is 11.1. The van der Waals surface area contributed by atoms with E-state index in [1.165, 1.54) is 25.3 Å². The minimum absolute atomic E-state index is 0.0199. The van der Waals surface area contributed by atoms with Crippen molar-refractivity contribution in [2.75, 3.05) is 20.3 Å². The van der Waals surface area contributed by atoms with E-state index < -0.39 is 30.7 Å². The minimum Gasteiger partial charge on any atom is -0.619 e. The van der Waals surface area contributed by atoms with Crippen molar-refractivity contribution < 1.29 is 46.5 Å². The van der Waals surface area contributed by atoms with Crippen molar-refractivity contribution in [1.82, 2.24) is 4.90 Å². The zero-order valence-electron chi connectivity index (χ0n) is 24.6. The first kappa shape index (κ1) is 32.8. The molecule has 14 heteroatoms. The molecule has 0 spiro atoms. The van der Waals surface area contributed by atoms with E-state index in [-0.39, 0.29) is 34.5 Å². The van der Waals surface area contributed by atoms with E-state index in [1.54, 1.807) is 13.0 Å². The van der Waals surface area contributed by atoms with E-state index in [9.17, 15) is 23.6 Å². The molecule has 1 saturated heterocycles. The highest BCUT2D eigenvalue weighted by Crippen LogP contribution is 2.38. The zero-order valence-corrected chi connectivity index (χ0v) is 26.1. The van der Waals surface area contributed by atoms with Gasteiger partial charge in [-0.15, -0.1) is 0 Å². The molecule has 45 heavy (non-hydrogen) atoms. The Bertz CT molecular complexity index is 1520. The summed E-state index contributed by atoms with van der Waals surface area (Å²) in [5.74, 6) is 0.107. The SMILES string of the molecule is COC(=O)c1cc(CN2CCCC2C(=O)O[C@@H](Cc2c(Cl)c[n+]([O-])cc2Cl)c2ccc(OC(F)F)c(OCC3CC3)c2)oc1C. The van der Waals surface area contributed by atoms with Gasteiger partial charge in [-0.05, 0) is 68.8 Å². The van der Waals surface area contributed by atoms with Gasteiger partial charge in [-0.2, -0.15) is 13.5 Å². The highest BCUT2D eigenvalue weighted by Gasteiger charge is 2.35. The topological polar surface area (TPSA) is 114 Å². The summed E-state index contributed by atoms with van der Waals surface area (Å²) in [6.45, 7) is -0.251. The number of esters is 2. The molecule has 5 rings (SSSR count). The lowest BCUT2D eigenvalue weighted by Gasteiger charge is -2.26. The molecule has 1 saturated carbocycles. The van der Waals surface area contributed by atoms with Crippen LogP contribution in [-0.4, -0.2) is 49.8 Å². The molecule has 2 aromatic heterocycles. The van der Waals surface area contributed by atoms with E-state index in [0.29, 0.717) is 64.9 Å². The van der Waals surface area contributed by atoms with Crippen LogP contribution in [0.1, 0.15) is 64.8 Å². The van der Waals surface area contributed by atoms with Crippen LogP contribution in [0.5, 0.6) is 11.5 Å². The lowest BCUT2D eigenvalue weighted by Crippen LogP contribution is -2.37. The summed E-state index contributed by atoms with van der Waals surface area (Å²) in [5.41, 5.74) is 1.10. The Hall–Kier alpha value is -3.61. The molecule has 2 aliphatic rings. The lowest BCUT2D eigenvalue weighted by molar-refractivity contribution is -0.605. The molecule has 0 bridgehead atoms. The summed E-state index contributed by atoms with van der Waals surface area (Å²) in [4.78, 5) is 27.7. The fourth-order valence-corrected chi connectivity index (χ4v) is 5.90. The third-order valence-electron chi connectivity index (χ3n) is 7.80. The third kappa shape index (κ3) is 8.16. The van der Waals surface area contributed by atoms with Crippen LogP contribution in [-0.2, 0) is 27.2 Å². The molecule has 1 unspecified atom stereocenters. The lowest BCUT2D eigenvalue weighted by atomic mass is 10.0. The normalized spacial score (nSPS) is 17.4. The first-order valence-electron chi connectivity index (χ1n) is 14.4. The molecule has 3 aromatic rings. The number of aryl methyl sites for hydroxylation is 1. The average molecular weight is 670 g/mol. The molecular formula is C31H32Cl2F2N2O8. The number of rotatable bonds is 13. The van der Waals surface area contributed by atoms with Crippen LogP contribution < -0.4 is 14.2 Å². The maximum Gasteiger partial charge on any atom is 0.387 e. The molecule has 2 fully saturated rings. The van der Waals surface area contributed by atoms with Crippen LogP contribution >= 0.6 is 23.2 Å². The Kier molecular flexibility index (Phi) is 10.4. The second-order valence-corrected chi connectivity index (χ2v) is 11.9. The monoisotopic (exact) mass is 668 g/mol. The predicted octanol–water partition coefficient (Wildman–Crippen LogP) is 6.20. The Morgan fingerprint density at radius 3 is 2.53 bits per heavy atom. The van der Waals surface area contributed by atoms with Gasteiger partial charge in [0.2, 0.25) is 0 Å². The molecule has 2 atom stereocenters. The van der Waals surface area contributed by atoms with Gasteiger partial charge in [0.1, 0.15) is 39.3 Å². The number of aromatic nitrogens is 1. The van der Waals surface area contributed by atoms with Crippen molar-refractivity contribution in [3.8, 4) is 11.5 Å². The van der Waals surface area contributed by atoms with Gasteiger partial charge < -0.3 is 28.6 Å². The standard InChI is InChI=1S/C31H32Cl2F2N2O8/c1-17-21(29(38)41-2)11-20(43-17)13-36-9-3-4-25(36)30(39)44-27(12-22-23(32)14-37(40)15-24(22)33)19-7-8-26(45-31(34)35)28(10-19)42-16-18-5-6-18/h7-8,10-11,14-15,18,25,27,31H,3-6,9,12-13,16H2,1-2H3/t25?,27-/m0/s1. The van der Waals surface area contributed by atoms with Crippen molar-refractivity contribution in [3.63, 3.8) is 0 Å². The van der Waals surface area contributed by atoms with E-state index in [0.717, 1.165) is 25.2 Å². The Labute approximate surface area is 268 Å². The number of pyridine rings is 1. The summed E-state index contributed by atoms with van der Waals surface area (Å²) < 4.78 is 54.0. The fraction of sp³-hybridized carbons (Fsp3) is 0.452. The van der Waals surface area contributed by atoms with Crippen molar-refractivity contribution >= 4 is 35.1 Å². The number of ether oxygens (including phenoxy) is 4. The average Bonchev–Trinajstić information content (AvgIpc) is 3.58. The number of halogens is 4. The molecule has 3 heterocycles. The molecule has 1 aromatic carbocycles. The van der Waals surface area contributed by atoms with Crippen LogP contribution in [0.4, 0.5) is 8.78 Å². The van der Waals surface area contributed by atoms with Gasteiger partial charge >= 0.3 is 18.6 Å². The van der Waals surface area contributed by atoms with Gasteiger partial charge in [0.25, 0.3) is 0 Å². The smallest absolute Gasteiger partial charge is 0.387 e. The van der Waals surface area contributed by atoms with Gasteiger partial charge in [0.05, 0.1) is 20.3 Å². The quantitative estimate of drug-likeness (QED) is 0.119. The van der Waals surface area contributed by atoms with Gasteiger partial charge in [-0.3, -0.25) is 9.69 Å². The maximum atomic E-state index is 13.7. The Balaban J connectivity index is 1.41. The Morgan fingerprint density at radius 1 is 1.13 bits per heavy atom. The first-order valence-corrected chi connectivity index (χ1v) is 15.2.